The molecule has 1 aromatic heterocycles. The summed E-state index contributed by atoms with van der Waals surface area (Å²) in [6.45, 7) is 2.74. The third-order valence-corrected chi connectivity index (χ3v) is 3.73. The first kappa shape index (κ1) is 12.7. The highest BCUT2D eigenvalue weighted by atomic mass is 79.9. The number of anilines is 1. The van der Waals surface area contributed by atoms with E-state index in [1.54, 1.807) is 0 Å². The second-order valence-electron chi connectivity index (χ2n) is 3.28. The molecule has 0 spiro atoms. The van der Waals surface area contributed by atoms with Gasteiger partial charge in [0.2, 0.25) is 5.91 Å². The number of hydrogen-bond donors (Lipinski definition) is 2. The fourth-order valence-electron chi connectivity index (χ4n) is 1.27. The Balaban J connectivity index is 2.53. The van der Waals surface area contributed by atoms with Crippen molar-refractivity contribution in [2.24, 2.45) is 5.92 Å². The standard InChI is InChI=1S/C10H15BrN2OS/c1-3-7(5-12-2)10(14)13-9-4-8(11)6-15-9/h4,6-7,12H,3,5H2,1-2H3,(H,13,14). The molecule has 0 aliphatic heterocycles. The van der Waals surface area contributed by atoms with Crippen molar-refractivity contribution in [2.75, 3.05) is 18.9 Å². The zero-order valence-corrected chi connectivity index (χ0v) is 11.2. The van der Waals surface area contributed by atoms with Crippen LogP contribution in [0.4, 0.5) is 5.00 Å². The summed E-state index contributed by atoms with van der Waals surface area (Å²) in [5.41, 5.74) is 0. The second kappa shape index (κ2) is 6.25. The van der Waals surface area contributed by atoms with E-state index in [0.29, 0.717) is 0 Å². The van der Waals surface area contributed by atoms with E-state index in [2.05, 4.69) is 26.6 Å². The van der Waals surface area contributed by atoms with Crippen LogP contribution >= 0.6 is 27.3 Å². The second-order valence-corrected chi connectivity index (χ2v) is 5.11. The molecule has 1 heterocycles. The van der Waals surface area contributed by atoms with Crippen LogP contribution in [0.15, 0.2) is 15.9 Å². The summed E-state index contributed by atoms with van der Waals surface area (Å²) in [5, 5.41) is 8.78. The van der Waals surface area contributed by atoms with Gasteiger partial charge in [0, 0.05) is 16.4 Å². The number of rotatable bonds is 5. The molecule has 3 nitrogen and oxygen atoms in total. The monoisotopic (exact) mass is 290 g/mol. The maximum atomic E-state index is 11.8. The molecule has 84 valence electrons. The van der Waals surface area contributed by atoms with E-state index in [9.17, 15) is 4.79 Å². The van der Waals surface area contributed by atoms with Gasteiger partial charge in [0.1, 0.15) is 0 Å². The van der Waals surface area contributed by atoms with Crippen LogP contribution in [0.1, 0.15) is 13.3 Å². The number of amides is 1. The van der Waals surface area contributed by atoms with Crippen molar-refractivity contribution >= 4 is 38.2 Å². The Morgan fingerprint density at radius 1 is 1.67 bits per heavy atom. The van der Waals surface area contributed by atoms with Crippen LogP contribution in [-0.4, -0.2) is 19.5 Å². The Bertz CT molecular complexity index is 327. The van der Waals surface area contributed by atoms with Gasteiger partial charge in [-0.3, -0.25) is 4.79 Å². The lowest BCUT2D eigenvalue weighted by Crippen LogP contribution is -2.30. The van der Waals surface area contributed by atoms with Gasteiger partial charge in [0.15, 0.2) is 0 Å². The lowest BCUT2D eigenvalue weighted by atomic mass is 10.1. The molecule has 0 aromatic carbocycles. The number of hydrogen-bond acceptors (Lipinski definition) is 3. The average molecular weight is 291 g/mol. The first-order valence-corrected chi connectivity index (χ1v) is 6.54. The van der Waals surface area contributed by atoms with Gasteiger partial charge in [-0.2, -0.15) is 0 Å². The van der Waals surface area contributed by atoms with E-state index >= 15 is 0 Å². The van der Waals surface area contributed by atoms with E-state index in [4.69, 9.17) is 0 Å². The number of carbonyl (C=O) groups excluding carboxylic acids is 1. The van der Waals surface area contributed by atoms with Crippen molar-refractivity contribution in [3.05, 3.63) is 15.9 Å². The summed E-state index contributed by atoms with van der Waals surface area (Å²) in [6.07, 6.45) is 0.846. The lowest BCUT2D eigenvalue weighted by molar-refractivity contribution is -0.119. The van der Waals surface area contributed by atoms with E-state index in [0.717, 1.165) is 22.4 Å². The minimum absolute atomic E-state index is 0.0378. The van der Waals surface area contributed by atoms with Crippen LogP contribution in [0.3, 0.4) is 0 Å². The Morgan fingerprint density at radius 2 is 2.40 bits per heavy atom. The quantitative estimate of drug-likeness (QED) is 0.875. The van der Waals surface area contributed by atoms with Crippen LogP contribution in [0.2, 0.25) is 0 Å². The normalized spacial score (nSPS) is 12.5. The highest BCUT2D eigenvalue weighted by molar-refractivity contribution is 9.10. The van der Waals surface area contributed by atoms with E-state index in [1.807, 2.05) is 25.4 Å². The van der Waals surface area contributed by atoms with Gasteiger partial charge < -0.3 is 10.6 Å². The molecule has 15 heavy (non-hydrogen) atoms. The molecule has 0 aliphatic rings. The van der Waals surface area contributed by atoms with E-state index in [-0.39, 0.29) is 11.8 Å². The molecule has 0 saturated carbocycles. The maximum absolute atomic E-state index is 11.8. The number of carbonyl (C=O) groups is 1. The smallest absolute Gasteiger partial charge is 0.229 e. The van der Waals surface area contributed by atoms with Crippen molar-refractivity contribution in [3.63, 3.8) is 0 Å². The van der Waals surface area contributed by atoms with Crippen LogP contribution in [0, 0.1) is 5.92 Å². The Hall–Kier alpha value is -0.390. The molecule has 1 unspecified atom stereocenters. The molecule has 2 N–H and O–H groups in total. The summed E-state index contributed by atoms with van der Waals surface area (Å²) < 4.78 is 1.00. The van der Waals surface area contributed by atoms with Gasteiger partial charge in [-0.1, -0.05) is 6.92 Å². The Morgan fingerprint density at radius 3 is 2.87 bits per heavy atom. The molecule has 0 radical (unpaired) electrons. The molecule has 0 fully saturated rings. The molecule has 5 heteroatoms. The van der Waals surface area contributed by atoms with Crippen LogP contribution < -0.4 is 10.6 Å². The average Bonchev–Trinajstić information content (AvgIpc) is 2.60. The van der Waals surface area contributed by atoms with E-state index in [1.165, 1.54) is 11.3 Å². The SMILES string of the molecule is CCC(CNC)C(=O)Nc1cc(Br)cs1. The fraction of sp³-hybridized carbons (Fsp3) is 0.500. The summed E-state index contributed by atoms with van der Waals surface area (Å²) >= 11 is 4.88. The van der Waals surface area contributed by atoms with Crippen molar-refractivity contribution in [2.45, 2.75) is 13.3 Å². The number of nitrogens with one attached hydrogen (secondary N) is 2. The summed E-state index contributed by atoms with van der Waals surface area (Å²) in [6, 6.07) is 1.91. The summed E-state index contributed by atoms with van der Waals surface area (Å²) in [5.74, 6) is 0.122. The van der Waals surface area contributed by atoms with Gasteiger partial charge >= 0.3 is 0 Å². The first-order valence-electron chi connectivity index (χ1n) is 4.86. The molecule has 1 amide bonds. The van der Waals surface area contributed by atoms with Crippen LogP contribution in [0.5, 0.6) is 0 Å². The molecule has 0 aliphatic carbocycles. The Kier molecular flexibility index (Phi) is 5.28. The predicted molar refractivity (Wildman–Crippen MR) is 68.4 cm³/mol. The van der Waals surface area contributed by atoms with Gasteiger partial charge in [-0.15, -0.1) is 11.3 Å². The zero-order chi connectivity index (χ0) is 11.3. The van der Waals surface area contributed by atoms with Crippen molar-refractivity contribution < 1.29 is 4.79 Å². The molecule has 1 atom stereocenters. The Labute approximate surface area is 102 Å². The molecular formula is C10H15BrN2OS. The fourth-order valence-corrected chi connectivity index (χ4v) is 2.59. The van der Waals surface area contributed by atoms with Crippen molar-refractivity contribution in [3.8, 4) is 0 Å². The predicted octanol–water partition coefficient (Wildman–Crippen LogP) is 2.69. The third-order valence-electron chi connectivity index (χ3n) is 2.13. The summed E-state index contributed by atoms with van der Waals surface area (Å²) in [4.78, 5) is 11.8. The number of halogens is 1. The van der Waals surface area contributed by atoms with Crippen molar-refractivity contribution in [1.29, 1.82) is 0 Å². The summed E-state index contributed by atoms with van der Waals surface area (Å²) in [7, 11) is 1.86. The number of thiophene rings is 1. The van der Waals surface area contributed by atoms with Gasteiger partial charge in [0.25, 0.3) is 0 Å². The largest absolute Gasteiger partial charge is 0.319 e. The molecule has 0 saturated heterocycles. The highest BCUT2D eigenvalue weighted by Crippen LogP contribution is 2.24. The van der Waals surface area contributed by atoms with Gasteiger partial charge in [-0.25, -0.2) is 0 Å². The van der Waals surface area contributed by atoms with Crippen LogP contribution in [-0.2, 0) is 4.79 Å². The molecular weight excluding hydrogens is 276 g/mol. The first-order chi connectivity index (χ1) is 7.17. The molecule has 1 rings (SSSR count). The lowest BCUT2D eigenvalue weighted by Gasteiger charge is -2.13. The maximum Gasteiger partial charge on any atom is 0.229 e. The highest BCUT2D eigenvalue weighted by Gasteiger charge is 2.15. The minimum Gasteiger partial charge on any atom is -0.319 e. The molecule has 0 bridgehead atoms. The topological polar surface area (TPSA) is 41.1 Å². The van der Waals surface area contributed by atoms with Crippen LogP contribution in [0.25, 0.3) is 0 Å². The van der Waals surface area contributed by atoms with Gasteiger partial charge in [-0.05, 0) is 35.5 Å². The van der Waals surface area contributed by atoms with Gasteiger partial charge in [0.05, 0.1) is 10.9 Å². The zero-order valence-electron chi connectivity index (χ0n) is 8.84. The van der Waals surface area contributed by atoms with E-state index < -0.39 is 0 Å². The third kappa shape index (κ3) is 3.93. The minimum atomic E-state index is 0.0378. The van der Waals surface area contributed by atoms with Crippen molar-refractivity contribution in [1.82, 2.24) is 5.32 Å². The molecule has 1 aromatic rings.